The molecule has 0 spiro atoms. The zero-order chi connectivity index (χ0) is 8.28. The van der Waals surface area contributed by atoms with Crippen molar-refractivity contribution in [2.45, 2.75) is 11.5 Å². The van der Waals surface area contributed by atoms with Crippen LogP contribution in [0, 0.1) is 0 Å². The molecule has 0 aromatic carbocycles. The Kier molecular flexibility index (Phi) is 1.29. The third kappa shape index (κ3) is 0.885. The zero-order valence-electron chi connectivity index (χ0n) is 4.89. The second-order valence-electron chi connectivity index (χ2n) is 2.00. The summed E-state index contributed by atoms with van der Waals surface area (Å²) in [5.74, 6) is -3.45. The highest BCUT2D eigenvalue weighted by Crippen LogP contribution is 2.69. The van der Waals surface area contributed by atoms with Gasteiger partial charge in [-0.15, -0.1) is 0 Å². The molecule has 0 aromatic heterocycles. The fourth-order valence-corrected chi connectivity index (χ4v) is 2.39. The first-order valence-corrected chi connectivity index (χ1v) is 4.46. The van der Waals surface area contributed by atoms with Crippen LogP contribution in [0.2, 0.25) is 0 Å². The van der Waals surface area contributed by atoms with Crippen LogP contribution in [0.3, 0.4) is 0 Å². The summed E-state index contributed by atoms with van der Waals surface area (Å²) < 4.78 is 23.4. The van der Waals surface area contributed by atoms with Gasteiger partial charge in [-0.2, -0.15) is 0 Å². The Hall–Kier alpha value is 0.0300. The van der Waals surface area contributed by atoms with Gasteiger partial charge < -0.3 is 5.11 Å². The number of aliphatic hydroxyl groups is 1. The van der Waals surface area contributed by atoms with Crippen molar-refractivity contribution in [2.24, 2.45) is 0 Å². The molecule has 0 saturated carbocycles. The van der Waals surface area contributed by atoms with Gasteiger partial charge in [0.15, 0.2) is 0 Å². The fourth-order valence-electron chi connectivity index (χ4n) is 0.748. The van der Waals surface area contributed by atoms with E-state index < -0.39 is 25.1 Å². The molecule has 11 heavy (non-hydrogen) atoms. The maximum Gasteiger partial charge on any atom is 0.486 e. The van der Waals surface area contributed by atoms with Gasteiger partial charge in [-0.1, -0.05) is 11.6 Å². The minimum Gasteiger partial charge on any atom is -0.336 e. The number of carbonyl (C=O) groups excluding carboxylic acids is 1. The van der Waals surface area contributed by atoms with Gasteiger partial charge in [0.25, 0.3) is 5.78 Å². The Morgan fingerprint density at radius 3 is 2.64 bits per heavy atom. The molecule has 0 amide bonds. The third-order valence-corrected chi connectivity index (χ3v) is 3.03. The second-order valence-corrected chi connectivity index (χ2v) is 3.86. The largest absolute Gasteiger partial charge is 0.486 e. The van der Waals surface area contributed by atoms with E-state index in [-0.39, 0.29) is 0 Å². The normalized spacial score (nSPS) is 55.5. The maximum absolute atomic E-state index is 10.8. The minimum absolute atomic E-state index is 1.00. The summed E-state index contributed by atoms with van der Waals surface area (Å²) >= 11 is 5.21. The smallest absolute Gasteiger partial charge is 0.336 e. The van der Waals surface area contributed by atoms with E-state index in [1.54, 1.807) is 0 Å². The molecule has 1 N–H and O–H groups in total. The van der Waals surface area contributed by atoms with Crippen LogP contribution in [-0.2, 0) is 22.9 Å². The van der Waals surface area contributed by atoms with E-state index in [4.69, 9.17) is 16.7 Å². The topological polar surface area (TPSA) is 82.1 Å². The van der Waals surface area contributed by atoms with Gasteiger partial charge in [0.05, 0.1) is 0 Å². The molecule has 8 heteroatoms. The molecule has 6 nitrogen and oxygen atoms in total. The lowest BCUT2D eigenvalue weighted by atomic mass is 10.3. The van der Waals surface area contributed by atoms with Crippen LogP contribution >= 0.6 is 19.4 Å². The summed E-state index contributed by atoms with van der Waals surface area (Å²) in [5.41, 5.74) is -1.46. The molecule has 3 aliphatic rings. The summed E-state index contributed by atoms with van der Waals surface area (Å²) in [6.07, 6.45) is 0. The number of carbonyl (C=O) groups is 1. The van der Waals surface area contributed by atoms with Gasteiger partial charge >= 0.3 is 13.8 Å². The van der Waals surface area contributed by atoms with Crippen molar-refractivity contribution < 1.29 is 28.0 Å². The summed E-state index contributed by atoms with van der Waals surface area (Å²) in [6, 6.07) is 0. The van der Waals surface area contributed by atoms with Gasteiger partial charge in [-0.25, -0.2) is 13.6 Å². The van der Waals surface area contributed by atoms with Crippen LogP contribution in [0.5, 0.6) is 0 Å². The molecule has 0 aliphatic carbocycles. The molecule has 1 unspecified atom stereocenters. The van der Waals surface area contributed by atoms with Crippen LogP contribution in [0.25, 0.3) is 0 Å². The lowest BCUT2D eigenvalue weighted by Gasteiger charge is -2.44. The lowest BCUT2D eigenvalue weighted by Crippen LogP contribution is -2.58. The summed E-state index contributed by atoms with van der Waals surface area (Å²) in [6.45, 7) is 0. The van der Waals surface area contributed by atoms with E-state index in [0.29, 0.717) is 0 Å². The van der Waals surface area contributed by atoms with Gasteiger partial charge in [-0.05, 0) is 0 Å². The number of ketones is 1. The van der Waals surface area contributed by atoms with E-state index in [1.807, 2.05) is 0 Å². The molecule has 3 aliphatic heterocycles. The molecule has 3 heterocycles. The predicted octanol–water partition coefficient (Wildman–Crippen LogP) is -0.0484. The van der Waals surface area contributed by atoms with Crippen molar-refractivity contribution in [1.82, 2.24) is 0 Å². The molecule has 2 bridgehead atoms. The van der Waals surface area contributed by atoms with Crippen molar-refractivity contribution >= 4 is 25.2 Å². The Morgan fingerprint density at radius 2 is 2.18 bits per heavy atom. The average Bonchev–Trinajstić information content (AvgIpc) is 1.78. The maximum atomic E-state index is 10.8. The first kappa shape index (κ1) is 7.67. The Bertz CT molecular complexity index is 257. The van der Waals surface area contributed by atoms with Gasteiger partial charge in [0.1, 0.15) is 0 Å². The average molecular weight is 200 g/mol. The van der Waals surface area contributed by atoms with Crippen LogP contribution in [0.1, 0.15) is 0 Å². The highest BCUT2D eigenvalue weighted by Gasteiger charge is 2.69. The Balaban J connectivity index is 2.33. The van der Waals surface area contributed by atoms with E-state index in [1.165, 1.54) is 0 Å². The van der Waals surface area contributed by atoms with Crippen LogP contribution in [-0.4, -0.2) is 22.4 Å². The standard InChI is InChI=1S/C3H2ClO6P/c4-2-1(5)3(6)9-11(7,8-2)10-3/h2,6H. The van der Waals surface area contributed by atoms with Crippen LogP contribution < -0.4 is 0 Å². The van der Waals surface area contributed by atoms with E-state index in [2.05, 4.69) is 13.6 Å². The van der Waals surface area contributed by atoms with E-state index >= 15 is 0 Å². The number of hydrogen-bond donors (Lipinski definition) is 1. The molecule has 3 rings (SSSR count). The monoisotopic (exact) mass is 200 g/mol. The lowest BCUT2D eigenvalue weighted by molar-refractivity contribution is -0.337. The second kappa shape index (κ2) is 1.85. The summed E-state index contributed by atoms with van der Waals surface area (Å²) in [4.78, 5) is 10.7. The van der Waals surface area contributed by atoms with Crippen molar-refractivity contribution in [3.63, 3.8) is 0 Å². The first-order chi connectivity index (χ1) is 4.95. The number of alkyl halides is 1. The number of phosphoric acid groups is 1. The Labute approximate surface area is 65.6 Å². The highest BCUT2D eigenvalue weighted by atomic mass is 35.5. The minimum atomic E-state index is -3.70. The zero-order valence-corrected chi connectivity index (χ0v) is 6.54. The number of fused-ring (bicyclic) bond motifs is 2. The van der Waals surface area contributed by atoms with E-state index in [0.717, 1.165) is 0 Å². The van der Waals surface area contributed by atoms with Gasteiger partial charge in [0, 0.05) is 0 Å². The molecular formula is C3H2ClO6P. The van der Waals surface area contributed by atoms with Gasteiger partial charge in [-0.3, -0.25) is 9.32 Å². The van der Waals surface area contributed by atoms with Crippen molar-refractivity contribution in [3.8, 4) is 0 Å². The molecule has 1 atom stereocenters. The summed E-state index contributed by atoms with van der Waals surface area (Å²) in [5, 5.41) is 8.91. The first-order valence-electron chi connectivity index (χ1n) is 2.56. The van der Waals surface area contributed by atoms with Crippen molar-refractivity contribution in [3.05, 3.63) is 0 Å². The molecule has 0 radical (unpaired) electrons. The number of phosphoric ester groups is 1. The SMILES string of the molecule is O=C1C(Cl)OP2(=O)OC1(O)O2. The number of halogens is 1. The molecule has 3 saturated heterocycles. The highest BCUT2D eigenvalue weighted by molar-refractivity contribution is 7.50. The molecule has 0 aromatic rings. The number of Topliss-reactive ketones (excluding diaryl/α,β-unsaturated/α-hetero) is 1. The molecule has 62 valence electrons. The predicted molar refractivity (Wildman–Crippen MR) is 30.5 cm³/mol. The number of hydrogen-bond acceptors (Lipinski definition) is 6. The fraction of sp³-hybridized carbons (Fsp3) is 0.667. The van der Waals surface area contributed by atoms with Gasteiger partial charge in [0.2, 0.25) is 5.56 Å². The summed E-state index contributed by atoms with van der Waals surface area (Å²) in [7, 11) is -3.70. The van der Waals surface area contributed by atoms with Crippen molar-refractivity contribution in [2.75, 3.05) is 0 Å². The van der Waals surface area contributed by atoms with Crippen molar-refractivity contribution in [1.29, 1.82) is 0 Å². The molecule has 3 fully saturated rings. The van der Waals surface area contributed by atoms with E-state index in [9.17, 15) is 9.36 Å². The quantitative estimate of drug-likeness (QED) is 0.436. The third-order valence-electron chi connectivity index (χ3n) is 1.21. The molecular weight excluding hydrogens is 198 g/mol. The number of rotatable bonds is 0. The van der Waals surface area contributed by atoms with Crippen LogP contribution in [0.4, 0.5) is 0 Å². The van der Waals surface area contributed by atoms with Crippen LogP contribution in [0.15, 0.2) is 0 Å². The Morgan fingerprint density at radius 1 is 1.64 bits per heavy atom.